The Balaban J connectivity index is 1.80. The van der Waals surface area contributed by atoms with Crippen molar-refractivity contribution in [2.45, 2.75) is 13.8 Å². The molecule has 0 aromatic heterocycles. The van der Waals surface area contributed by atoms with Crippen molar-refractivity contribution in [3.05, 3.63) is 24.3 Å². The van der Waals surface area contributed by atoms with Crippen LogP contribution in [0.25, 0.3) is 0 Å². The predicted molar refractivity (Wildman–Crippen MR) is 74.3 cm³/mol. The first kappa shape index (κ1) is 12.9. The van der Waals surface area contributed by atoms with E-state index in [2.05, 4.69) is 24.1 Å². The first-order chi connectivity index (χ1) is 8.54. The van der Waals surface area contributed by atoms with Crippen molar-refractivity contribution >= 4 is 17.3 Å². The van der Waals surface area contributed by atoms with Gasteiger partial charge in [-0.2, -0.15) is 0 Å². The van der Waals surface area contributed by atoms with Gasteiger partial charge in [-0.3, -0.25) is 4.79 Å². The topological polar surface area (TPSA) is 58.4 Å². The molecule has 1 amide bonds. The highest BCUT2D eigenvalue weighted by Gasteiger charge is 2.32. The summed E-state index contributed by atoms with van der Waals surface area (Å²) in [6.45, 7) is 7.20. The molecule has 3 N–H and O–H groups in total. The highest BCUT2D eigenvalue weighted by molar-refractivity contribution is 5.93. The van der Waals surface area contributed by atoms with E-state index in [-0.39, 0.29) is 11.8 Å². The number of amides is 1. The van der Waals surface area contributed by atoms with Gasteiger partial charge in [0.2, 0.25) is 5.91 Å². The Hall–Kier alpha value is -1.55. The number of nitrogens with zero attached hydrogens (tertiary/aromatic N) is 1. The monoisotopic (exact) mass is 247 g/mol. The van der Waals surface area contributed by atoms with Crippen molar-refractivity contribution in [3.63, 3.8) is 0 Å². The van der Waals surface area contributed by atoms with Crippen molar-refractivity contribution in [1.29, 1.82) is 0 Å². The molecule has 4 heteroatoms. The number of carbonyl (C=O) groups is 1. The molecule has 0 unspecified atom stereocenters. The lowest BCUT2D eigenvalue weighted by Crippen LogP contribution is -2.52. The van der Waals surface area contributed by atoms with Crippen LogP contribution in [0.1, 0.15) is 13.8 Å². The zero-order valence-corrected chi connectivity index (χ0v) is 11.0. The summed E-state index contributed by atoms with van der Waals surface area (Å²) in [5.74, 6) is 0.869. The van der Waals surface area contributed by atoms with Crippen LogP contribution in [-0.4, -0.2) is 30.4 Å². The van der Waals surface area contributed by atoms with Crippen molar-refractivity contribution in [2.75, 3.05) is 30.7 Å². The second kappa shape index (κ2) is 5.40. The third-order valence-corrected chi connectivity index (χ3v) is 3.11. The summed E-state index contributed by atoms with van der Waals surface area (Å²) in [6, 6.07) is 7.29. The third kappa shape index (κ3) is 3.23. The summed E-state index contributed by atoms with van der Waals surface area (Å²) in [5.41, 5.74) is 7.12. The maximum absolute atomic E-state index is 12.0. The summed E-state index contributed by atoms with van der Waals surface area (Å²) >= 11 is 0. The smallest absolute Gasteiger partial charge is 0.230 e. The molecule has 1 fully saturated rings. The molecule has 98 valence electrons. The molecule has 1 aliphatic rings. The van der Waals surface area contributed by atoms with E-state index >= 15 is 0 Å². The van der Waals surface area contributed by atoms with Crippen molar-refractivity contribution in [3.8, 4) is 0 Å². The van der Waals surface area contributed by atoms with Crippen LogP contribution in [0.5, 0.6) is 0 Å². The number of rotatable bonds is 4. The van der Waals surface area contributed by atoms with Crippen LogP contribution < -0.4 is 11.1 Å². The van der Waals surface area contributed by atoms with E-state index in [0.29, 0.717) is 11.6 Å². The average Bonchev–Trinajstić information content (AvgIpc) is 2.22. The van der Waals surface area contributed by atoms with E-state index in [9.17, 15) is 4.79 Å². The molecule has 1 aromatic carbocycles. The number of hydrogen-bond donors (Lipinski definition) is 2. The summed E-state index contributed by atoms with van der Waals surface area (Å²) in [7, 11) is 0. The van der Waals surface area contributed by atoms with Gasteiger partial charge < -0.3 is 16.0 Å². The number of anilines is 2. The molecule has 0 aliphatic carbocycles. The molecular formula is C14H21N3O. The minimum Gasteiger partial charge on any atom is -0.399 e. The normalized spacial score (nSPS) is 16.6. The maximum atomic E-state index is 12.0. The second-order valence-electron chi connectivity index (χ2n) is 5.42. The molecule has 0 bridgehead atoms. The quantitative estimate of drug-likeness (QED) is 0.798. The fourth-order valence-corrected chi connectivity index (χ4v) is 2.26. The SMILES string of the molecule is CC(C)CN1CC(C(=O)Nc2cccc(N)c2)C1. The number of benzene rings is 1. The molecular weight excluding hydrogens is 226 g/mol. The third-order valence-electron chi connectivity index (χ3n) is 3.11. The highest BCUT2D eigenvalue weighted by Crippen LogP contribution is 2.20. The Labute approximate surface area is 108 Å². The van der Waals surface area contributed by atoms with E-state index in [1.807, 2.05) is 18.2 Å². The summed E-state index contributed by atoms with van der Waals surface area (Å²) in [6.07, 6.45) is 0. The predicted octanol–water partition coefficient (Wildman–Crippen LogP) is 1.80. The summed E-state index contributed by atoms with van der Waals surface area (Å²) in [5, 5.41) is 2.91. The van der Waals surface area contributed by atoms with Gasteiger partial charge in [-0.1, -0.05) is 19.9 Å². The lowest BCUT2D eigenvalue weighted by Gasteiger charge is -2.39. The van der Waals surface area contributed by atoms with Gasteiger partial charge in [-0.05, 0) is 24.1 Å². The second-order valence-corrected chi connectivity index (χ2v) is 5.42. The van der Waals surface area contributed by atoms with Gasteiger partial charge in [0.1, 0.15) is 0 Å². The van der Waals surface area contributed by atoms with E-state index < -0.39 is 0 Å². The van der Waals surface area contributed by atoms with Gasteiger partial charge >= 0.3 is 0 Å². The van der Waals surface area contributed by atoms with Gasteiger partial charge in [-0.15, -0.1) is 0 Å². The first-order valence-electron chi connectivity index (χ1n) is 6.43. The van der Waals surface area contributed by atoms with Crippen LogP contribution in [0.4, 0.5) is 11.4 Å². The Bertz CT molecular complexity index is 425. The van der Waals surface area contributed by atoms with Gasteiger partial charge in [0, 0.05) is 31.0 Å². The number of carbonyl (C=O) groups excluding carboxylic acids is 1. The van der Waals surface area contributed by atoms with Gasteiger partial charge in [0.25, 0.3) is 0 Å². The fraction of sp³-hybridized carbons (Fsp3) is 0.500. The molecule has 0 spiro atoms. The van der Waals surface area contributed by atoms with Gasteiger partial charge in [-0.25, -0.2) is 0 Å². The summed E-state index contributed by atoms with van der Waals surface area (Å²) in [4.78, 5) is 14.3. The molecule has 1 heterocycles. The Morgan fingerprint density at radius 2 is 2.22 bits per heavy atom. The number of nitrogens with one attached hydrogen (secondary N) is 1. The lowest BCUT2D eigenvalue weighted by molar-refractivity contribution is -0.125. The summed E-state index contributed by atoms with van der Waals surface area (Å²) < 4.78 is 0. The Kier molecular flexibility index (Phi) is 3.87. The number of nitrogen functional groups attached to an aromatic ring is 1. The molecule has 1 aromatic rings. The van der Waals surface area contributed by atoms with Crippen molar-refractivity contribution < 1.29 is 4.79 Å². The molecule has 2 rings (SSSR count). The maximum Gasteiger partial charge on any atom is 0.230 e. The number of nitrogens with two attached hydrogens (primary N) is 1. The van der Waals surface area contributed by atoms with E-state index in [4.69, 9.17) is 5.73 Å². The van der Waals surface area contributed by atoms with Gasteiger partial charge in [0.05, 0.1) is 5.92 Å². The van der Waals surface area contributed by atoms with E-state index in [1.54, 1.807) is 6.07 Å². The molecule has 4 nitrogen and oxygen atoms in total. The lowest BCUT2D eigenvalue weighted by atomic mass is 9.97. The molecule has 0 saturated carbocycles. The highest BCUT2D eigenvalue weighted by atomic mass is 16.2. The number of likely N-dealkylation sites (tertiary alicyclic amines) is 1. The molecule has 1 saturated heterocycles. The van der Waals surface area contributed by atoms with E-state index in [0.717, 1.165) is 25.3 Å². The molecule has 1 aliphatic heterocycles. The standard InChI is InChI=1S/C14H21N3O/c1-10(2)7-17-8-11(9-17)14(18)16-13-5-3-4-12(15)6-13/h3-6,10-11H,7-9,15H2,1-2H3,(H,16,18). The average molecular weight is 247 g/mol. The van der Waals surface area contributed by atoms with Crippen LogP contribution in [0.15, 0.2) is 24.3 Å². The Morgan fingerprint density at radius 3 is 2.83 bits per heavy atom. The Morgan fingerprint density at radius 1 is 1.50 bits per heavy atom. The van der Waals surface area contributed by atoms with Crippen LogP contribution in [0.3, 0.4) is 0 Å². The van der Waals surface area contributed by atoms with Crippen molar-refractivity contribution in [2.24, 2.45) is 11.8 Å². The van der Waals surface area contributed by atoms with E-state index in [1.165, 1.54) is 0 Å². The minimum absolute atomic E-state index is 0.0978. The molecule has 0 atom stereocenters. The largest absolute Gasteiger partial charge is 0.399 e. The number of hydrogen-bond acceptors (Lipinski definition) is 3. The fourth-order valence-electron chi connectivity index (χ4n) is 2.26. The zero-order chi connectivity index (χ0) is 13.1. The van der Waals surface area contributed by atoms with Crippen molar-refractivity contribution in [1.82, 2.24) is 4.90 Å². The zero-order valence-electron chi connectivity index (χ0n) is 11.0. The molecule has 0 radical (unpaired) electrons. The van der Waals surface area contributed by atoms with Crippen LogP contribution in [0, 0.1) is 11.8 Å². The van der Waals surface area contributed by atoms with Gasteiger partial charge in [0.15, 0.2) is 0 Å². The van der Waals surface area contributed by atoms with Crippen LogP contribution >= 0.6 is 0 Å². The van der Waals surface area contributed by atoms with Crippen LogP contribution in [-0.2, 0) is 4.79 Å². The first-order valence-corrected chi connectivity index (χ1v) is 6.43. The minimum atomic E-state index is 0.0978. The van der Waals surface area contributed by atoms with Crippen LogP contribution in [0.2, 0.25) is 0 Å². The molecule has 18 heavy (non-hydrogen) atoms.